The highest BCUT2D eigenvalue weighted by atomic mass is 32.2. The van der Waals surface area contributed by atoms with E-state index in [2.05, 4.69) is 36.1 Å². The van der Waals surface area contributed by atoms with E-state index in [-0.39, 0.29) is 11.0 Å². The second-order valence-corrected chi connectivity index (χ2v) is 11.6. The van der Waals surface area contributed by atoms with Crippen LogP contribution in [0.2, 0.25) is 0 Å². The maximum Gasteiger partial charge on any atom is 0.204 e. The number of nitrogens with zero attached hydrogens (tertiary/aromatic N) is 2. The summed E-state index contributed by atoms with van der Waals surface area (Å²) in [5.41, 5.74) is 14.8. The highest BCUT2D eigenvalue weighted by Crippen LogP contribution is 2.44. The van der Waals surface area contributed by atoms with Gasteiger partial charge in [-0.25, -0.2) is 9.97 Å². The van der Waals surface area contributed by atoms with Gasteiger partial charge in [0.15, 0.2) is 5.13 Å². The number of hydrogen-bond acceptors (Lipinski definition) is 8. The fourth-order valence-electron chi connectivity index (χ4n) is 4.05. The van der Waals surface area contributed by atoms with Gasteiger partial charge in [0, 0.05) is 22.4 Å². The SMILES string of the molecule is CC(C)(C)c1cnc(CSc2cnc(NC3(c4cc(N)ccc4N)CCCCC3)s2)o1. The lowest BCUT2D eigenvalue weighted by atomic mass is 9.76. The van der Waals surface area contributed by atoms with Crippen molar-refractivity contribution in [2.75, 3.05) is 16.8 Å². The summed E-state index contributed by atoms with van der Waals surface area (Å²) < 4.78 is 7.04. The van der Waals surface area contributed by atoms with Crippen LogP contribution < -0.4 is 16.8 Å². The van der Waals surface area contributed by atoms with Crippen LogP contribution in [0.4, 0.5) is 16.5 Å². The Hall–Kier alpha value is -2.19. The summed E-state index contributed by atoms with van der Waals surface area (Å²) in [4.78, 5) is 9.08. The van der Waals surface area contributed by atoms with E-state index < -0.39 is 0 Å². The molecule has 1 aromatic carbocycles. The average molecular weight is 458 g/mol. The topological polar surface area (TPSA) is 103 Å². The molecule has 0 atom stereocenters. The van der Waals surface area contributed by atoms with E-state index in [0.717, 1.165) is 63.6 Å². The molecule has 1 aliphatic carbocycles. The van der Waals surface area contributed by atoms with E-state index in [1.54, 1.807) is 23.1 Å². The van der Waals surface area contributed by atoms with Crippen molar-refractivity contribution >= 4 is 39.6 Å². The van der Waals surface area contributed by atoms with Crippen LogP contribution in [0, 0.1) is 0 Å². The number of nitrogens with one attached hydrogen (secondary N) is 1. The Morgan fingerprint density at radius 2 is 1.90 bits per heavy atom. The molecule has 166 valence electrons. The molecule has 0 saturated heterocycles. The molecule has 6 nitrogen and oxygen atoms in total. The Bertz CT molecular complexity index is 1030. The minimum absolute atomic E-state index is 0.0332. The van der Waals surface area contributed by atoms with Crippen molar-refractivity contribution in [2.45, 2.75) is 73.8 Å². The molecular formula is C23H31N5OS2. The van der Waals surface area contributed by atoms with Gasteiger partial charge in [-0.15, -0.1) is 11.8 Å². The summed E-state index contributed by atoms with van der Waals surface area (Å²) >= 11 is 3.36. The molecule has 2 aromatic heterocycles. The number of rotatable bonds is 6. The van der Waals surface area contributed by atoms with Crippen LogP contribution in [-0.2, 0) is 16.7 Å². The van der Waals surface area contributed by atoms with Crippen molar-refractivity contribution in [3.63, 3.8) is 0 Å². The van der Waals surface area contributed by atoms with Crippen molar-refractivity contribution in [3.05, 3.63) is 47.8 Å². The Balaban J connectivity index is 1.48. The molecule has 1 saturated carbocycles. The van der Waals surface area contributed by atoms with Gasteiger partial charge < -0.3 is 21.2 Å². The van der Waals surface area contributed by atoms with E-state index in [9.17, 15) is 0 Å². The summed E-state index contributed by atoms with van der Waals surface area (Å²) in [5, 5.41) is 4.65. The molecule has 0 aliphatic heterocycles. The van der Waals surface area contributed by atoms with Crippen molar-refractivity contribution in [1.82, 2.24) is 9.97 Å². The van der Waals surface area contributed by atoms with Gasteiger partial charge in [0.25, 0.3) is 0 Å². The molecule has 0 spiro atoms. The average Bonchev–Trinajstić information content (AvgIpc) is 3.38. The van der Waals surface area contributed by atoms with E-state index in [1.807, 2.05) is 30.6 Å². The molecule has 3 aromatic rings. The third kappa shape index (κ3) is 5.01. The molecule has 2 heterocycles. The van der Waals surface area contributed by atoms with Crippen LogP contribution in [0.5, 0.6) is 0 Å². The fourth-order valence-corrected chi connectivity index (χ4v) is 5.87. The lowest BCUT2D eigenvalue weighted by Crippen LogP contribution is -2.38. The first kappa shape index (κ1) is 22.0. The van der Waals surface area contributed by atoms with Crippen LogP contribution in [0.15, 0.2) is 39.2 Å². The van der Waals surface area contributed by atoms with Crippen molar-refractivity contribution < 1.29 is 4.42 Å². The van der Waals surface area contributed by atoms with Crippen LogP contribution in [0.1, 0.15) is 70.1 Å². The summed E-state index contributed by atoms with van der Waals surface area (Å²) in [6.45, 7) is 6.37. The predicted molar refractivity (Wildman–Crippen MR) is 131 cm³/mol. The smallest absolute Gasteiger partial charge is 0.204 e. The van der Waals surface area contributed by atoms with Crippen LogP contribution in [0.25, 0.3) is 0 Å². The number of benzene rings is 1. The molecule has 0 bridgehead atoms. The lowest BCUT2D eigenvalue weighted by Gasteiger charge is -2.39. The zero-order valence-electron chi connectivity index (χ0n) is 18.4. The first-order valence-electron chi connectivity index (χ1n) is 10.7. The standard InChI is InChI=1S/C23H31N5OS2/c1-22(2,3)18-12-26-19(29-18)14-30-20-13-27-21(31-20)28-23(9-5-4-6-10-23)16-11-15(24)7-8-17(16)25/h7-8,11-13H,4-6,9-10,14,24-25H2,1-3H3,(H,27,28). The molecule has 0 unspecified atom stereocenters. The molecule has 0 amide bonds. The van der Waals surface area contributed by atoms with Gasteiger partial charge in [-0.2, -0.15) is 0 Å². The van der Waals surface area contributed by atoms with Gasteiger partial charge in [0.05, 0.1) is 27.9 Å². The number of nitrogens with two attached hydrogens (primary N) is 2. The number of oxazole rings is 1. The monoisotopic (exact) mass is 457 g/mol. The highest BCUT2D eigenvalue weighted by molar-refractivity contribution is 8.00. The van der Waals surface area contributed by atoms with Gasteiger partial charge in [-0.3, -0.25) is 0 Å². The Morgan fingerprint density at radius 3 is 2.61 bits per heavy atom. The van der Waals surface area contributed by atoms with Gasteiger partial charge in [0.2, 0.25) is 5.89 Å². The summed E-state index contributed by atoms with van der Waals surface area (Å²) in [6.07, 6.45) is 9.37. The number of nitrogen functional groups attached to an aromatic ring is 2. The zero-order valence-corrected chi connectivity index (χ0v) is 20.0. The molecule has 5 N–H and O–H groups in total. The number of thiazole rings is 1. The second kappa shape index (κ2) is 8.74. The molecule has 8 heteroatoms. The Morgan fingerprint density at radius 1 is 1.13 bits per heavy atom. The Labute approximate surface area is 192 Å². The molecular weight excluding hydrogens is 426 g/mol. The largest absolute Gasteiger partial charge is 0.444 e. The summed E-state index contributed by atoms with van der Waals surface area (Å²) in [7, 11) is 0. The van der Waals surface area contributed by atoms with E-state index in [0.29, 0.717) is 5.75 Å². The molecule has 31 heavy (non-hydrogen) atoms. The minimum atomic E-state index is -0.221. The van der Waals surface area contributed by atoms with Gasteiger partial charge in [0.1, 0.15) is 5.76 Å². The van der Waals surface area contributed by atoms with Crippen molar-refractivity contribution in [1.29, 1.82) is 0 Å². The first-order chi connectivity index (χ1) is 14.7. The third-order valence-corrected chi connectivity index (χ3v) is 7.85. The normalized spacial score (nSPS) is 16.4. The van der Waals surface area contributed by atoms with Gasteiger partial charge >= 0.3 is 0 Å². The van der Waals surface area contributed by atoms with Crippen molar-refractivity contribution in [3.8, 4) is 0 Å². The Kier molecular flexibility index (Phi) is 6.21. The minimum Gasteiger partial charge on any atom is -0.444 e. The quantitative estimate of drug-likeness (QED) is 0.301. The molecule has 0 radical (unpaired) electrons. The number of anilines is 3. The number of thioether (sulfide) groups is 1. The lowest BCUT2D eigenvalue weighted by molar-refractivity contribution is 0.331. The van der Waals surface area contributed by atoms with E-state index in [4.69, 9.17) is 15.9 Å². The third-order valence-electron chi connectivity index (χ3n) is 5.76. The molecule has 1 aliphatic rings. The molecule has 1 fully saturated rings. The maximum absolute atomic E-state index is 6.37. The molecule has 4 rings (SSSR count). The summed E-state index contributed by atoms with van der Waals surface area (Å²) in [6, 6.07) is 5.79. The van der Waals surface area contributed by atoms with E-state index in [1.165, 1.54) is 6.42 Å². The zero-order chi connectivity index (χ0) is 22.1. The van der Waals surface area contributed by atoms with Crippen LogP contribution in [0.3, 0.4) is 0 Å². The van der Waals surface area contributed by atoms with Crippen molar-refractivity contribution in [2.24, 2.45) is 0 Å². The maximum atomic E-state index is 6.37. The van der Waals surface area contributed by atoms with E-state index >= 15 is 0 Å². The second-order valence-electron chi connectivity index (χ2n) is 9.26. The summed E-state index contributed by atoms with van der Waals surface area (Å²) in [5.74, 6) is 2.34. The number of hydrogen-bond donors (Lipinski definition) is 3. The predicted octanol–water partition coefficient (Wildman–Crippen LogP) is 6.16. The highest BCUT2D eigenvalue weighted by Gasteiger charge is 2.36. The van der Waals surface area contributed by atoms with Gasteiger partial charge in [-0.05, 0) is 31.0 Å². The van der Waals surface area contributed by atoms with Crippen LogP contribution >= 0.6 is 23.1 Å². The number of aromatic nitrogens is 2. The fraction of sp³-hybridized carbons (Fsp3) is 0.478. The first-order valence-corrected chi connectivity index (χ1v) is 12.5. The van der Waals surface area contributed by atoms with Gasteiger partial charge in [-0.1, -0.05) is 51.4 Å². The van der Waals surface area contributed by atoms with Crippen LogP contribution in [-0.4, -0.2) is 9.97 Å².